The summed E-state index contributed by atoms with van der Waals surface area (Å²) < 4.78 is 10.5. The van der Waals surface area contributed by atoms with Crippen molar-refractivity contribution in [3.8, 4) is 0 Å². The number of carbonyl (C=O) groups is 2. The summed E-state index contributed by atoms with van der Waals surface area (Å²) in [6, 6.07) is 4.22. The molecular formula is C26H38N6O4. The van der Waals surface area contributed by atoms with Crippen LogP contribution < -0.4 is 9.80 Å². The maximum Gasteiger partial charge on any atom is 0.305 e. The Balaban J connectivity index is 1.59. The standard InChI is InChI=1S/C26H38N6O4/c1-5-7-25(33)35-15-11-21-27-13-9-23(29-21)31-17-19(3)32(20(4)18-31)24-10-14-28-22(30-24)12-16-36-26(34)8-6-2/h9-10,13-14,19-20H,5-8,11-12,15-18H2,1-4H3/t19-,20+. The van der Waals surface area contributed by atoms with Crippen molar-refractivity contribution in [2.75, 3.05) is 36.1 Å². The van der Waals surface area contributed by atoms with Gasteiger partial charge in [-0.15, -0.1) is 0 Å². The molecule has 10 heteroatoms. The second kappa shape index (κ2) is 13.7. The summed E-state index contributed by atoms with van der Waals surface area (Å²) >= 11 is 0. The molecule has 3 rings (SSSR count). The quantitative estimate of drug-likeness (QED) is 0.405. The molecule has 1 saturated heterocycles. The fourth-order valence-electron chi connectivity index (χ4n) is 4.36. The van der Waals surface area contributed by atoms with Gasteiger partial charge >= 0.3 is 11.9 Å². The van der Waals surface area contributed by atoms with Gasteiger partial charge < -0.3 is 19.3 Å². The molecule has 0 aliphatic carbocycles. The molecule has 2 aromatic heterocycles. The van der Waals surface area contributed by atoms with Crippen LogP contribution in [0.5, 0.6) is 0 Å². The Labute approximate surface area is 213 Å². The Hall–Kier alpha value is -3.30. The molecule has 0 radical (unpaired) electrons. The van der Waals surface area contributed by atoms with Gasteiger partial charge in [0.15, 0.2) is 0 Å². The number of ether oxygens (including phenoxy) is 2. The molecular weight excluding hydrogens is 460 g/mol. The largest absolute Gasteiger partial charge is 0.465 e. The lowest BCUT2D eigenvalue weighted by molar-refractivity contribution is -0.144. The summed E-state index contributed by atoms with van der Waals surface area (Å²) in [4.78, 5) is 45.9. The highest BCUT2D eigenvalue weighted by Gasteiger charge is 2.31. The summed E-state index contributed by atoms with van der Waals surface area (Å²) in [5, 5.41) is 0. The Kier molecular flexibility index (Phi) is 10.4. The first-order valence-electron chi connectivity index (χ1n) is 12.9. The minimum absolute atomic E-state index is 0.183. The minimum atomic E-state index is -0.183. The second-order valence-corrected chi connectivity index (χ2v) is 9.11. The molecule has 0 spiro atoms. The van der Waals surface area contributed by atoms with E-state index in [2.05, 4.69) is 33.6 Å². The highest BCUT2D eigenvalue weighted by Crippen LogP contribution is 2.25. The smallest absolute Gasteiger partial charge is 0.305 e. The molecule has 0 saturated carbocycles. The van der Waals surface area contributed by atoms with Crippen LogP contribution in [0.2, 0.25) is 0 Å². The predicted octanol–water partition coefficient (Wildman–Crippen LogP) is 3.14. The number of hydrogen-bond donors (Lipinski definition) is 0. The van der Waals surface area contributed by atoms with Crippen molar-refractivity contribution < 1.29 is 19.1 Å². The second-order valence-electron chi connectivity index (χ2n) is 9.11. The molecule has 0 N–H and O–H groups in total. The van der Waals surface area contributed by atoms with E-state index in [1.165, 1.54) is 0 Å². The first kappa shape index (κ1) is 27.3. The van der Waals surface area contributed by atoms with E-state index in [1.54, 1.807) is 12.4 Å². The van der Waals surface area contributed by atoms with E-state index in [0.29, 0.717) is 37.3 Å². The van der Waals surface area contributed by atoms with E-state index in [9.17, 15) is 9.59 Å². The summed E-state index contributed by atoms with van der Waals surface area (Å²) in [7, 11) is 0. The number of nitrogens with zero attached hydrogens (tertiary/aromatic N) is 6. The van der Waals surface area contributed by atoms with Crippen molar-refractivity contribution in [1.82, 2.24) is 19.9 Å². The zero-order valence-electron chi connectivity index (χ0n) is 21.9. The molecule has 36 heavy (non-hydrogen) atoms. The van der Waals surface area contributed by atoms with Crippen molar-refractivity contribution in [1.29, 1.82) is 0 Å². The predicted molar refractivity (Wildman–Crippen MR) is 137 cm³/mol. The van der Waals surface area contributed by atoms with E-state index >= 15 is 0 Å². The van der Waals surface area contributed by atoms with Crippen molar-refractivity contribution in [3.63, 3.8) is 0 Å². The van der Waals surface area contributed by atoms with Gasteiger partial charge in [0.1, 0.15) is 23.3 Å². The van der Waals surface area contributed by atoms with Gasteiger partial charge in [-0.25, -0.2) is 19.9 Å². The van der Waals surface area contributed by atoms with Crippen LogP contribution in [0.3, 0.4) is 0 Å². The fourth-order valence-corrected chi connectivity index (χ4v) is 4.36. The van der Waals surface area contributed by atoms with Gasteiger partial charge in [0.05, 0.1) is 13.2 Å². The van der Waals surface area contributed by atoms with Crippen LogP contribution >= 0.6 is 0 Å². The van der Waals surface area contributed by atoms with Crippen LogP contribution in [-0.4, -0.2) is 70.3 Å². The number of hydrogen-bond acceptors (Lipinski definition) is 10. The summed E-state index contributed by atoms with van der Waals surface area (Å²) in [6.07, 6.45) is 6.92. The average Bonchev–Trinajstić information content (AvgIpc) is 2.84. The molecule has 1 aliphatic heterocycles. The Morgan fingerprint density at radius 3 is 1.81 bits per heavy atom. The number of anilines is 2. The van der Waals surface area contributed by atoms with Crippen LogP contribution in [0, 0.1) is 0 Å². The lowest BCUT2D eigenvalue weighted by Gasteiger charge is -2.45. The van der Waals surface area contributed by atoms with Crippen LogP contribution in [-0.2, 0) is 31.9 Å². The lowest BCUT2D eigenvalue weighted by Crippen LogP contribution is -2.57. The SMILES string of the molecule is CCCC(=O)OCCc1nccc(N2C[C@@H](C)N(c3ccnc(CCOC(=O)CCC)n3)[C@@H](C)C2)n1. The maximum atomic E-state index is 11.6. The van der Waals surface area contributed by atoms with E-state index in [1.807, 2.05) is 26.0 Å². The van der Waals surface area contributed by atoms with Crippen LogP contribution in [0.25, 0.3) is 0 Å². The van der Waals surface area contributed by atoms with Gasteiger partial charge in [-0.1, -0.05) is 13.8 Å². The van der Waals surface area contributed by atoms with Crippen molar-refractivity contribution in [3.05, 3.63) is 36.2 Å². The Bertz CT molecular complexity index is 992. The summed E-state index contributed by atoms with van der Waals surface area (Å²) in [5.74, 6) is 2.71. The number of rotatable bonds is 12. The number of piperazine rings is 1. The van der Waals surface area contributed by atoms with Crippen molar-refractivity contribution in [2.45, 2.75) is 78.3 Å². The van der Waals surface area contributed by atoms with Crippen LogP contribution in [0.1, 0.15) is 65.0 Å². The van der Waals surface area contributed by atoms with Gasteiger partial charge in [-0.3, -0.25) is 9.59 Å². The van der Waals surface area contributed by atoms with Crippen LogP contribution in [0.4, 0.5) is 11.6 Å². The third kappa shape index (κ3) is 7.86. The van der Waals surface area contributed by atoms with E-state index in [-0.39, 0.29) is 37.2 Å². The van der Waals surface area contributed by atoms with E-state index in [0.717, 1.165) is 37.6 Å². The van der Waals surface area contributed by atoms with Gasteiger partial charge in [-0.05, 0) is 38.8 Å². The average molecular weight is 499 g/mol. The number of esters is 2. The molecule has 0 bridgehead atoms. The maximum absolute atomic E-state index is 11.6. The monoisotopic (exact) mass is 498 g/mol. The normalized spacial score (nSPS) is 17.7. The lowest BCUT2D eigenvalue weighted by atomic mass is 10.1. The minimum Gasteiger partial charge on any atom is -0.465 e. The molecule has 3 heterocycles. The third-order valence-corrected chi connectivity index (χ3v) is 5.97. The topological polar surface area (TPSA) is 111 Å². The first-order chi connectivity index (χ1) is 17.4. The summed E-state index contributed by atoms with van der Waals surface area (Å²) in [6.45, 7) is 10.4. The molecule has 2 atom stereocenters. The van der Waals surface area contributed by atoms with Gasteiger partial charge in [0.2, 0.25) is 0 Å². The Morgan fingerprint density at radius 2 is 1.31 bits per heavy atom. The van der Waals surface area contributed by atoms with E-state index in [4.69, 9.17) is 19.4 Å². The molecule has 1 fully saturated rings. The molecule has 0 aromatic carbocycles. The van der Waals surface area contributed by atoms with Crippen molar-refractivity contribution in [2.24, 2.45) is 0 Å². The van der Waals surface area contributed by atoms with Crippen molar-refractivity contribution >= 4 is 23.6 Å². The number of aromatic nitrogens is 4. The molecule has 10 nitrogen and oxygen atoms in total. The first-order valence-corrected chi connectivity index (χ1v) is 12.9. The molecule has 1 aliphatic rings. The van der Waals surface area contributed by atoms with Crippen LogP contribution in [0.15, 0.2) is 24.5 Å². The zero-order valence-corrected chi connectivity index (χ0v) is 21.9. The fraction of sp³-hybridized carbons (Fsp3) is 0.615. The highest BCUT2D eigenvalue weighted by atomic mass is 16.5. The Morgan fingerprint density at radius 1 is 0.833 bits per heavy atom. The molecule has 2 aromatic rings. The molecule has 196 valence electrons. The third-order valence-electron chi connectivity index (χ3n) is 5.97. The number of carbonyl (C=O) groups excluding carboxylic acids is 2. The highest BCUT2D eigenvalue weighted by molar-refractivity contribution is 5.69. The molecule has 0 unspecified atom stereocenters. The van der Waals surface area contributed by atoms with Gasteiger partial charge in [-0.2, -0.15) is 0 Å². The van der Waals surface area contributed by atoms with Gasteiger partial charge in [0.25, 0.3) is 0 Å². The molecule has 0 amide bonds. The summed E-state index contributed by atoms with van der Waals surface area (Å²) in [5.41, 5.74) is 0. The van der Waals surface area contributed by atoms with Gasteiger partial charge in [0, 0.05) is 63.3 Å². The zero-order chi connectivity index (χ0) is 25.9. The van der Waals surface area contributed by atoms with E-state index < -0.39 is 0 Å².